The molecule has 10 nitrogen and oxygen atoms in total. The number of aromatic nitrogens is 2. The number of rotatable bonds is 4. The molecule has 3 atom stereocenters. The van der Waals surface area contributed by atoms with Gasteiger partial charge in [0.15, 0.2) is 5.82 Å². The number of azide groups is 1. The number of hydrogen-bond donors (Lipinski definition) is 3. The highest BCUT2D eigenvalue weighted by molar-refractivity contribution is 5.38. The summed E-state index contributed by atoms with van der Waals surface area (Å²) in [6, 6.07) is -0.544. The van der Waals surface area contributed by atoms with Crippen molar-refractivity contribution in [1.29, 1.82) is 0 Å². The van der Waals surface area contributed by atoms with Gasteiger partial charge >= 0.3 is 5.69 Å². The molecule has 0 amide bonds. The largest absolute Gasteiger partial charge is 0.394 e. The highest BCUT2D eigenvalue weighted by Crippen LogP contribution is 2.30. The Hall–Kier alpha value is -2.13. The summed E-state index contributed by atoms with van der Waals surface area (Å²) in [6.45, 7) is 1.35. The third kappa shape index (κ3) is 2.58. The number of nitrogens with zero attached hydrogens (tertiary/aromatic N) is 5. The summed E-state index contributed by atoms with van der Waals surface area (Å²) in [5.41, 5.74) is 10.2. The Labute approximate surface area is 113 Å². The maximum absolute atomic E-state index is 11.9. The lowest BCUT2D eigenvalue weighted by Crippen LogP contribution is -2.28. The fourth-order valence-corrected chi connectivity index (χ4v) is 2.12. The van der Waals surface area contributed by atoms with E-state index in [-0.39, 0.29) is 18.8 Å². The van der Waals surface area contributed by atoms with Gasteiger partial charge in [-0.1, -0.05) is 5.11 Å². The summed E-state index contributed by atoms with van der Waals surface area (Å²) in [6.07, 6.45) is 0.418. The van der Waals surface area contributed by atoms with E-state index in [1.54, 1.807) is 6.92 Å². The first kappa shape index (κ1) is 14.3. The van der Waals surface area contributed by atoms with Gasteiger partial charge in [0, 0.05) is 23.1 Å². The van der Waals surface area contributed by atoms with Crippen LogP contribution in [0.4, 0.5) is 5.82 Å². The van der Waals surface area contributed by atoms with Crippen LogP contribution in [0.1, 0.15) is 18.2 Å². The number of aliphatic hydroxyl groups excluding tert-OH is 1. The Kier molecular flexibility index (Phi) is 4.20. The van der Waals surface area contributed by atoms with Crippen LogP contribution < -0.4 is 11.2 Å². The first-order valence-corrected chi connectivity index (χ1v) is 5.91. The minimum Gasteiger partial charge on any atom is -0.394 e. The summed E-state index contributed by atoms with van der Waals surface area (Å²) in [4.78, 5) is 18.2. The first-order valence-electron chi connectivity index (χ1n) is 5.91. The van der Waals surface area contributed by atoms with Crippen LogP contribution in [-0.4, -0.2) is 38.6 Å². The molecule has 0 bridgehead atoms. The number of hydrogen-bond acceptors (Lipinski definition) is 7. The van der Waals surface area contributed by atoms with E-state index in [0.29, 0.717) is 5.56 Å². The summed E-state index contributed by atoms with van der Waals surface area (Å²) >= 11 is 0. The molecule has 1 aliphatic heterocycles. The van der Waals surface area contributed by atoms with Gasteiger partial charge in [-0.05, 0) is 12.5 Å². The second-order valence-electron chi connectivity index (χ2n) is 4.39. The third-order valence-electron chi connectivity index (χ3n) is 3.13. The zero-order chi connectivity index (χ0) is 14.7. The van der Waals surface area contributed by atoms with Gasteiger partial charge in [0.1, 0.15) is 6.23 Å². The predicted molar refractivity (Wildman–Crippen MR) is 67.2 cm³/mol. The maximum Gasteiger partial charge on any atom is 0.351 e. The fourth-order valence-electron chi connectivity index (χ4n) is 2.12. The van der Waals surface area contributed by atoms with Crippen molar-refractivity contribution in [3.8, 4) is 0 Å². The quantitative estimate of drug-likeness (QED) is 0.313. The van der Waals surface area contributed by atoms with Crippen molar-refractivity contribution in [3.63, 3.8) is 0 Å². The maximum atomic E-state index is 11.9. The molecule has 0 radical (unpaired) electrons. The van der Waals surface area contributed by atoms with E-state index in [0.717, 1.165) is 0 Å². The Morgan fingerprint density at radius 2 is 2.50 bits per heavy atom. The van der Waals surface area contributed by atoms with E-state index in [1.807, 2.05) is 5.48 Å². The SMILES string of the molecule is Cc1cn([C@H]2C[C@H](N=[N+]=[N-])[C@@H](CO)O2)c(=O)nc1NO. The molecule has 1 aromatic heterocycles. The molecule has 1 saturated heterocycles. The minimum atomic E-state index is -0.672. The molecule has 108 valence electrons. The van der Waals surface area contributed by atoms with Gasteiger partial charge in [-0.25, -0.2) is 4.79 Å². The van der Waals surface area contributed by atoms with Crippen molar-refractivity contribution in [2.75, 3.05) is 12.1 Å². The molecule has 2 heterocycles. The minimum absolute atomic E-state index is 0.0644. The van der Waals surface area contributed by atoms with Crippen LogP contribution in [0.2, 0.25) is 0 Å². The highest BCUT2D eigenvalue weighted by Gasteiger charge is 2.35. The van der Waals surface area contributed by atoms with Crippen molar-refractivity contribution >= 4 is 5.82 Å². The average molecular weight is 282 g/mol. The van der Waals surface area contributed by atoms with Crippen LogP contribution in [0, 0.1) is 6.92 Å². The van der Waals surface area contributed by atoms with E-state index in [2.05, 4.69) is 15.0 Å². The molecule has 0 aliphatic carbocycles. The Bertz CT molecular complexity index is 596. The molecule has 10 heteroatoms. The lowest BCUT2D eigenvalue weighted by atomic mass is 10.1. The molecule has 0 aromatic carbocycles. The molecule has 0 spiro atoms. The van der Waals surface area contributed by atoms with E-state index in [1.165, 1.54) is 10.8 Å². The zero-order valence-corrected chi connectivity index (χ0v) is 10.7. The van der Waals surface area contributed by atoms with E-state index >= 15 is 0 Å². The molecule has 1 fully saturated rings. The predicted octanol–water partition coefficient (Wildman–Crippen LogP) is 0.312. The number of ether oxygens (including phenoxy) is 1. The summed E-state index contributed by atoms with van der Waals surface area (Å²) in [7, 11) is 0. The molecule has 0 saturated carbocycles. The van der Waals surface area contributed by atoms with Crippen molar-refractivity contribution < 1.29 is 15.1 Å². The van der Waals surface area contributed by atoms with Gasteiger partial charge < -0.3 is 9.84 Å². The number of anilines is 1. The number of nitrogens with one attached hydrogen (secondary N) is 1. The van der Waals surface area contributed by atoms with Crippen molar-refractivity contribution in [2.45, 2.75) is 31.7 Å². The first-order chi connectivity index (χ1) is 9.60. The monoisotopic (exact) mass is 282 g/mol. The Balaban J connectivity index is 2.31. The van der Waals surface area contributed by atoms with Crippen LogP contribution >= 0.6 is 0 Å². The second-order valence-corrected chi connectivity index (χ2v) is 4.39. The van der Waals surface area contributed by atoms with E-state index < -0.39 is 24.1 Å². The van der Waals surface area contributed by atoms with Crippen LogP contribution in [-0.2, 0) is 4.74 Å². The molecule has 2 rings (SSSR count). The molecule has 1 aromatic rings. The number of aliphatic hydroxyl groups is 1. The van der Waals surface area contributed by atoms with Gasteiger partial charge in [0.2, 0.25) is 0 Å². The third-order valence-corrected chi connectivity index (χ3v) is 3.13. The summed E-state index contributed by atoms with van der Waals surface area (Å²) in [5.74, 6) is 0.0644. The number of aryl methyl sites for hydroxylation is 1. The van der Waals surface area contributed by atoms with Crippen molar-refractivity contribution in [1.82, 2.24) is 9.55 Å². The van der Waals surface area contributed by atoms with E-state index in [4.69, 9.17) is 15.5 Å². The molecular formula is C10H14N6O4. The topological polar surface area (TPSA) is 145 Å². The van der Waals surface area contributed by atoms with E-state index in [9.17, 15) is 9.90 Å². The van der Waals surface area contributed by atoms with Gasteiger partial charge in [0.05, 0.1) is 18.8 Å². The van der Waals surface area contributed by atoms with Crippen molar-refractivity contribution in [2.24, 2.45) is 5.11 Å². The van der Waals surface area contributed by atoms with Gasteiger partial charge in [-0.2, -0.15) is 4.98 Å². The molecule has 0 unspecified atom stereocenters. The second kappa shape index (κ2) is 5.88. The van der Waals surface area contributed by atoms with Gasteiger partial charge in [0.25, 0.3) is 0 Å². The van der Waals surface area contributed by atoms with Crippen LogP contribution in [0.25, 0.3) is 10.4 Å². The molecule has 1 aliphatic rings. The molecule has 20 heavy (non-hydrogen) atoms. The normalized spacial score (nSPS) is 25.2. The van der Waals surface area contributed by atoms with Crippen LogP contribution in [0.5, 0.6) is 0 Å². The lowest BCUT2D eigenvalue weighted by Gasteiger charge is -2.15. The molecule has 3 N–H and O–H groups in total. The molecular weight excluding hydrogens is 268 g/mol. The average Bonchev–Trinajstić information content (AvgIpc) is 2.84. The summed E-state index contributed by atoms with van der Waals surface area (Å²) < 4.78 is 6.74. The van der Waals surface area contributed by atoms with Crippen LogP contribution in [0.3, 0.4) is 0 Å². The zero-order valence-electron chi connectivity index (χ0n) is 10.7. The van der Waals surface area contributed by atoms with Gasteiger partial charge in [-0.15, -0.1) is 0 Å². The Morgan fingerprint density at radius 3 is 3.10 bits per heavy atom. The van der Waals surface area contributed by atoms with Crippen LogP contribution in [0.15, 0.2) is 16.1 Å². The lowest BCUT2D eigenvalue weighted by molar-refractivity contribution is -0.0270. The van der Waals surface area contributed by atoms with Gasteiger partial charge in [-0.3, -0.25) is 15.3 Å². The smallest absolute Gasteiger partial charge is 0.351 e. The summed E-state index contributed by atoms with van der Waals surface area (Å²) in [5, 5.41) is 21.5. The Morgan fingerprint density at radius 1 is 1.75 bits per heavy atom. The van der Waals surface area contributed by atoms with Crippen molar-refractivity contribution in [3.05, 3.63) is 32.7 Å². The fraction of sp³-hybridized carbons (Fsp3) is 0.600. The highest BCUT2D eigenvalue weighted by atomic mass is 16.5. The standard InChI is InChI=1S/C10H14N6O4/c1-5-3-16(10(18)12-9(5)14-19)8-2-6(13-15-11)7(4-17)20-8/h3,6-8,17,19H,2,4H2,1H3,(H,12,14,18)/t6-,7+,8+/m0/s1.